The third kappa shape index (κ3) is 2.84. The highest BCUT2D eigenvalue weighted by molar-refractivity contribution is 6.21. The second-order valence-corrected chi connectivity index (χ2v) is 6.33. The van der Waals surface area contributed by atoms with Crippen LogP contribution in [-0.2, 0) is 16.0 Å². The minimum atomic E-state index is -0.01000. The minimum Gasteiger partial charge on any atom is -0.378 e. The normalized spacial score (nSPS) is 27.6. The molecule has 1 fully saturated rings. The van der Waals surface area contributed by atoms with Gasteiger partial charge in [0, 0.05) is 18.0 Å². The Bertz CT molecular complexity index is 517. The van der Waals surface area contributed by atoms with Crippen LogP contribution in [0.3, 0.4) is 0 Å². The first kappa shape index (κ1) is 13.9. The maximum absolute atomic E-state index is 11.6. The minimum absolute atomic E-state index is 0.01000. The number of hydrogen-bond acceptors (Lipinski definition) is 2. The Labute approximate surface area is 124 Å². The first-order valence-corrected chi connectivity index (χ1v) is 7.75. The smallest absolute Gasteiger partial charge is 0.224 e. The van der Waals surface area contributed by atoms with Gasteiger partial charge in [-0.25, -0.2) is 0 Å². The molecule has 3 unspecified atom stereocenters. The van der Waals surface area contributed by atoms with Crippen LogP contribution in [-0.4, -0.2) is 18.6 Å². The van der Waals surface area contributed by atoms with E-state index in [4.69, 9.17) is 16.3 Å². The van der Waals surface area contributed by atoms with Gasteiger partial charge in [0.15, 0.2) is 0 Å². The number of rotatable bonds is 2. The third-order valence-electron chi connectivity index (χ3n) is 4.22. The molecule has 20 heavy (non-hydrogen) atoms. The fourth-order valence-corrected chi connectivity index (χ4v) is 3.40. The molecule has 3 atom stereocenters. The van der Waals surface area contributed by atoms with Gasteiger partial charge in [-0.3, -0.25) is 4.79 Å². The van der Waals surface area contributed by atoms with Crippen molar-refractivity contribution in [2.24, 2.45) is 5.92 Å². The molecule has 4 heteroatoms. The Morgan fingerprint density at radius 2 is 2.25 bits per heavy atom. The Balaban J connectivity index is 1.81. The van der Waals surface area contributed by atoms with E-state index >= 15 is 0 Å². The lowest BCUT2D eigenvalue weighted by Gasteiger charge is -2.18. The monoisotopic (exact) mass is 293 g/mol. The number of aryl methyl sites for hydroxylation is 1. The van der Waals surface area contributed by atoms with Gasteiger partial charge in [-0.15, -0.1) is 11.6 Å². The largest absolute Gasteiger partial charge is 0.378 e. The molecule has 1 saturated heterocycles. The van der Waals surface area contributed by atoms with Gasteiger partial charge >= 0.3 is 0 Å². The zero-order valence-corrected chi connectivity index (χ0v) is 12.5. The van der Waals surface area contributed by atoms with Crippen molar-refractivity contribution < 1.29 is 9.53 Å². The van der Waals surface area contributed by atoms with E-state index in [9.17, 15) is 4.79 Å². The molecular formula is C16H20ClNO2. The number of benzene rings is 1. The maximum Gasteiger partial charge on any atom is 0.224 e. The number of hydrogen-bond donors (Lipinski definition) is 1. The Morgan fingerprint density at radius 3 is 3.00 bits per heavy atom. The zero-order valence-electron chi connectivity index (χ0n) is 11.7. The predicted molar refractivity (Wildman–Crippen MR) is 80.1 cm³/mol. The van der Waals surface area contributed by atoms with Crippen LogP contribution in [0.15, 0.2) is 18.2 Å². The molecule has 0 aliphatic carbocycles. The van der Waals surface area contributed by atoms with E-state index in [1.165, 1.54) is 5.56 Å². The van der Waals surface area contributed by atoms with E-state index in [0.717, 1.165) is 37.1 Å². The van der Waals surface area contributed by atoms with E-state index < -0.39 is 0 Å². The number of ether oxygens (including phenoxy) is 1. The van der Waals surface area contributed by atoms with Crippen LogP contribution in [0.1, 0.15) is 42.7 Å². The summed E-state index contributed by atoms with van der Waals surface area (Å²) in [6, 6.07) is 6.18. The van der Waals surface area contributed by atoms with Gasteiger partial charge < -0.3 is 10.1 Å². The number of anilines is 1. The lowest BCUT2D eigenvalue weighted by molar-refractivity contribution is -0.116. The number of fused-ring (bicyclic) bond motifs is 1. The number of halogens is 1. The molecule has 0 radical (unpaired) electrons. The molecule has 1 aromatic carbocycles. The molecule has 1 amide bonds. The van der Waals surface area contributed by atoms with E-state index in [0.29, 0.717) is 18.4 Å². The van der Waals surface area contributed by atoms with Gasteiger partial charge in [0.05, 0.1) is 18.1 Å². The summed E-state index contributed by atoms with van der Waals surface area (Å²) in [4.78, 5) is 11.6. The first-order chi connectivity index (χ1) is 9.63. The van der Waals surface area contributed by atoms with Gasteiger partial charge in [-0.2, -0.15) is 0 Å². The highest BCUT2D eigenvalue weighted by atomic mass is 35.5. The highest BCUT2D eigenvalue weighted by Gasteiger charge is 2.29. The molecule has 0 bridgehead atoms. The van der Waals surface area contributed by atoms with Crippen molar-refractivity contribution in [1.29, 1.82) is 0 Å². The van der Waals surface area contributed by atoms with Crippen molar-refractivity contribution in [3.05, 3.63) is 29.3 Å². The molecule has 2 aliphatic heterocycles. The van der Waals surface area contributed by atoms with Crippen LogP contribution in [0.4, 0.5) is 5.69 Å². The standard InChI is InChI=1S/C16H20ClNO2/c1-10-7-13(9-20-10)16(17)12-5-6-14-11(8-12)3-2-4-15(19)18-14/h5-6,8,10,13,16H,2-4,7,9H2,1H3,(H,18,19). The van der Waals surface area contributed by atoms with Gasteiger partial charge in [0.25, 0.3) is 0 Å². The predicted octanol–water partition coefficient (Wildman–Crippen LogP) is 3.67. The molecule has 2 heterocycles. The third-order valence-corrected chi connectivity index (χ3v) is 4.82. The lowest BCUT2D eigenvalue weighted by Crippen LogP contribution is -2.10. The molecule has 0 aromatic heterocycles. The quantitative estimate of drug-likeness (QED) is 0.845. The van der Waals surface area contributed by atoms with E-state index in [2.05, 4.69) is 18.3 Å². The summed E-state index contributed by atoms with van der Waals surface area (Å²) >= 11 is 6.62. The van der Waals surface area contributed by atoms with Crippen LogP contribution in [0, 0.1) is 5.92 Å². The highest BCUT2D eigenvalue weighted by Crippen LogP contribution is 2.38. The Kier molecular flexibility index (Phi) is 3.99. The topological polar surface area (TPSA) is 38.3 Å². The van der Waals surface area contributed by atoms with Crippen LogP contribution in [0.25, 0.3) is 0 Å². The van der Waals surface area contributed by atoms with Crippen molar-refractivity contribution in [3.8, 4) is 0 Å². The SMILES string of the molecule is CC1CC(C(Cl)c2ccc3c(c2)CCCC(=O)N3)CO1. The van der Waals surface area contributed by atoms with Crippen molar-refractivity contribution in [2.75, 3.05) is 11.9 Å². The summed E-state index contributed by atoms with van der Waals surface area (Å²) in [5.41, 5.74) is 3.28. The molecule has 0 spiro atoms. The number of alkyl halides is 1. The van der Waals surface area contributed by atoms with Crippen molar-refractivity contribution in [2.45, 2.75) is 44.1 Å². The van der Waals surface area contributed by atoms with Gasteiger partial charge in [0.1, 0.15) is 0 Å². The number of nitrogens with one attached hydrogen (secondary N) is 1. The second-order valence-electron chi connectivity index (χ2n) is 5.86. The second kappa shape index (κ2) is 5.74. The fourth-order valence-electron chi connectivity index (χ4n) is 3.09. The average Bonchev–Trinajstić information content (AvgIpc) is 2.77. The molecule has 0 saturated carbocycles. The molecule has 2 aliphatic rings. The van der Waals surface area contributed by atoms with Crippen LogP contribution in [0.5, 0.6) is 0 Å². The molecule has 108 valence electrons. The number of carbonyl (C=O) groups excluding carboxylic acids is 1. The molecule has 3 rings (SSSR count). The summed E-state index contributed by atoms with van der Waals surface area (Å²) in [5.74, 6) is 0.488. The summed E-state index contributed by atoms with van der Waals surface area (Å²) in [6.07, 6.45) is 3.76. The number of carbonyl (C=O) groups is 1. The van der Waals surface area contributed by atoms with Crippen LogP contribution >= 0.6 is 11.6 Å². The molecule has 3 nitrogen and oxygen atoms in total. The molecular weight excluding hydrogens is 274 g/mol. The Morgan fingerprint density at radius 1 is 1.40 bits per heavy atom. The van der Waals surface area contributed by atoms with E-state index in [-0.39, 0.29) is 11.3 Å². The van der Waals surface area contributed by atoms with E-state index in [1.54, 1.807) is 0 Å². The molecule has 1 aromatic rings. The first-order valence-electron chi connectivity index (χ1n) is 7.32. The van der Waals surface area contributed by atoms with Gasteiger partial charge in [0.2, 0.25) is 5.91 Å². The van der Waals surface area contributed by atoms with Gasteiger partial charge in [-0.05, 0) is 43.4 Å². The van der Waals surface area contributed by atoms with E-state index in [1.807, 2.05) is 12.1 Å². The summed E-state index contributed by atoms with van der Waals surface area (Å²) in [6.45, 7) is 2.83. The summed E-state index contributed by atoms with van der Waals surface area (Å²) in [7, 11) is 0. The van der Waals surface area contributed by atoms with Crippen molar-refractivity contribution >= 4 is 23.2 Å². The summed E-state index contributed by atoms with van der Waals surface area (Å²) in [5, 5.41) is 2.95. The zero-order chi connectivity index (χ0) is 14.1. The van der Waals surface area contributed by atoms with Crippen LogP contribution in [0.2, 0.25) is 0 Å². The number of amides is 1. The van der Waals surface area contributed by atoms with Gasteiger partial charge in [-0.1, -0.05) is 12.1 Å². The summed E-state index contributed by atoms with van der Waals surface area (Å²) < 4.78 is 5.61. The van der Waals surface area contributed by atoms with Crippen molar-refractivity contribution in [1.82, 2.24) is 0 Å². The van der Waals surface area contributed by atoms with Crippen molar-refractivity contribution in [3.63, 3.8) is 0 Å². The lowest BCUT2D eigenvalue weighted by atomic mass is 9.94. The maximum atomic E-state index is 11.6. The van der Waals surface area contributed by atoms with Crippen LogP contribution < -0.4 is 5.32 Å². The molecule has 1 N–H and O–H groups in total. The fraction of sp³-hybridized carbons (Fsp3) is 0.562. The average molecular weight is 294 g/mol. The Hall–Kier alpha value is -1.06.